The van der Waals surface area contributed by atoms with E-state index in [4.69, 9.17) is 4.98 Å². The van der Waals surface area contributed by atoms with Crippen LogP contribution in [0.25, 0.3) is 22.4 Å². The van der Waals surface area contributed by atoms with Crippen molar-refractivity contribution in [2.75, 3.05) is 32.7 Å². The molecule has 5 heteroatoms. The molecule has 1 fully saturated rings. The molecule has 0 atom stereocenters. The lowest BCUT2D eigenvalue weighted by Crippen LogP contribution is -2.31. The Morgan fingerprint density at radius 3 is 2.18 bits per heavy atom. The van der Waals surface area contributed by atoms with Gasteiger partial charge in [-0.2, -0.15) is 0 Å². The maximum absolute atomic E-state index is 11.9. The highest BCUT2D eigenvalue weighted by Gasteiger charge is 2.16. The topological polar surface area (TPSA) is 41.4 Å². The Hall–Kier alpha value is -2.50. The van der Waals surface area contributed by atoms with Crippen molar-refractivity contribution in [1.82, 2.24) is 19.4 Å². The second-order valence-electron chi connectivity index (χ2n) is 12.4. The van der Waals surface area contributed by atoms with Crippen LogP contribution in [0.4, 0.5) is 0 Å². The number of Topliss-reactive ketones (excluding diaryl/α,β-unsaturated/α-hetero) is 1. The van der Waals surface area contributed by atoms with Crippen molar-refractivity contribution in [3.8, 4) is 11.4 Å². The SMILES string of the molecule is CC(=O)c1ccc(-c2nc3ccc(CN(CCC(C)C)CCC(C)C)cc3n2CCCN2CCCCC2)cc1. The van der Waals surface area contributed by atoms with Crippen LogP contribution in [0.5, 0.6) is 0 Å². The van der Waals surface area contributed by atoms with Crippen LogP contribution in [-0.2, 0) is 13.1 Å². The standard InChI is InChI=1S/C34H50N4O/c1-26(2)16-22-37(23-17-27(3)4)25-29-10-15-32-33(24-29)38(21-9-20-36-18-7-6-8-19-36)34(35-32)31-13-11-30(12-14-31)28(5)39/h10-15,24,26-27H,6-9,16-23,25H2,1-5H3. The molecule has 2 heterocycles. The van der Waals surface area contributed by atoms with E-state index in [0.717, 1.165) is 61.6 Å². The highest BCUT2D eigenvalue weighted by molar-refractivity contribution is 5.94. The van der Waals surface area contributed by atoms with Gasteiger partial charge in [0.05, 0.1) is 11.0 Å². The lowest BCUT2D eigenvalue weighted by Gasteiger charge is -2.26. The molecule has 5 nitrogen and oxygen atoms in total. The van der Waals surface area contributed by atoms with Crippen molar-refractivity contribution in [3.05, 3.63) is 53.6 Å². The van der Waals surface area contributed by atoms with Crippen molar-refractivity contribution >= 4 is 16.8 Å². The zero-order valence-corrected chi connectivity index (χ0v) is 25.1. The quantitative estimate of drug-likeness (QED) is 0.201. The van der Waals surface area contributed by atoms with Crippen molar-refractivity contribution in [3.63, 3.8) is 0 Å². The third-order valence-electron chi connectivity index (χ3n) is 8.12. The predicted molar refractivity (Wildman–Crippen MR) is 164 cm³/mol. The summed E-state index contributed by atoms with van der Waals surface area (Å²) in [6.45, 7) is 18.7. The number of ketones is 1. The molecule has 3 aromatic rings. The van der Waals surface area contributed by atoms with Gasteiger partial charge in [-0.05, 0) is 101 Å². The summed E-state index contributed by atoms with van der Waals surface area (Å²) in [4.78, 5) is 22.2. The smallest absolute Gasteiger partial charge is 0.159 e. The van der Waals surface area contributed by atoms with Crippen LogP contribution in [-0.4, -0.2) is 57.9 Å². The number of fused-ring (bicyclic) bond motifs is 1. The van der Waals surface area contributed by atoms with Gasteiger partial charge in [-0.15, -0.1) is 0 Å². The molecule has 1 aliphatic heterocycles. The number of aromatic nitrogens is 2. The Morgan fingerprint density at radius 1 is 0.897 bits per heavy atom. The van der Waals surface area contributed by atoms with Crippen LogP contribution in [0.3, 0.4) is 0 Å². The maximum Gasteiger partial charge on any atom is 0.159 e. The van der Waals surface area contributed by atoms with Crippen molar-refractivity contribution in [1.29, 1.82) is 0 Å². The van der Waals surface area contributed by atoms with Gasteiger partial charge in [-0.25, -0.2) is 4.98 Å². The van der Waals surface area contributed by atoms with Gasteiger partial charge < -0.3 is 9.47 Å². The summed E-state index contributed by atoms with van der Waals surface area (Å²) in [5, 5.41) is 0. The number of rotatable bonds is 14. The fourth-order valence-electron chi connectivity index (χ4n) is 5.61. The summed E-state index contributed by atoms with van der Waals surface area (Å²) in [6, 6.07) is 14.8. The zero-order valence-electron chi connectivity index (χ0n) is 25.1. The molecule has 1 aromatic heterocycles. The van der Waals surface area contributed by atoms with Crippen LogP contribution < -0.4 is 0 Å². The molecule has 39 heavy (non-hydrogen) atoms. The van der Waals surface area contributed by atoms with Gasteiger partial charge in [0.15, 0.2) is 5.78 Å². The number of aryl methyl sites for hydroxylation is 1. The fraction of sp³-hybridized carbons (Fsp3) is 0.588. The summed E-state index contributed by atoms with van der Waals surface area (Å²) in [7, 11) is 0. The van der Waals surface area contributed by atoms with Gasteiger partial charge in [0.1, 0.15) is 5.82 Å². The Balaban J connectivity index is 1.61. The molecule has 0 unspecified atom stereocenters. The van der Waals surface area contributed by atoms with Crippen LogP contribution in [0.15, 0.2) is 42.5 Å². The Morgan fingerprint density at radius 2 is 1.56 bits per heavy atom. The Bertz CT molecular complexity index is 1180. The number of benzene rings is 2. The summed E-state index contributed by atoms with van der Waals surface area (Å²) in [6.07, 6.45) is 7.61. The van der Waals surface area contributed by atoms with Crippen LogP contribution in [0.2, 0.25) is 0 Å². The molecule has 0 spiro atoms. The van der Waals surface area contributed by atoms with E-state index in [1.165, 1.54) is 56.3 Å². The first-order valence-electron chi connectivity index (χ1n) is 15.4. The van der Waals surface area contributed by atoms with E-state index in [1.54, 1.807) is 6.92 Å². The number of hydrogen-bond donors (Lipinski definition) is 0. The molecular formula is C34H50N4O. The highest BCUT2D eigenvalue weighted by Crippen LogP contribution is 2.27. The fourth-order valence-corrected chi connectivity index (χ4v) is 5.61. The van der Waals surface area contributed by atoms with E-state index in [9.17, 15) is 4.79 Å². The van der Waals surface area contributed by atoms with Gasteiger partial charge in [-0.3, -0.25) is 9.69 Å². The van der Waals surface area contributed by atoms with Gasteiger partial charge in [0.25, 0.3) is 0 Å². The zero-order chi connectivity index (χ0) is 27.8. The normalized spacial score (nSPS) is 14.8. The van der Waals surface area contributed by atoms with Crippen molar-refractivity contribution < 1.29 is 4.79 Å². The molecule has 212 valence electrons. The van der Waals surface area contributed by atoms with E-state index in [0.29, 0.717) is 11.8 Å². The molecule has 4 rings (SSSR count). The lowest BCUT2D eigenvalue weighted by molar-refractivity contribution is 0.101. The van der Waals surface area contributed by atoms with E-state index >= 15 is 0 Å². The lowest BCUT2D eigenvalue weighted by atomic mass is 10.1. The van der Waals surface area contributed by atoms with E-state index in [1.807, 2.05) is 12.1 Å². The molecular weight excluding hydrogens is 480 g/mol. The molecule has 0 bridgehead atoms. The van der Waals surface area contributed by atoms with Crippen LogP contribution in [0, 0.1) is 11.8 Å². The third kappa shape index (κ3) is 8.49. The molecule has 0 aliphatic carbocycles. The van der Waals surface area contributed by atoms with Crippen LogP contribution in [0.1, 0.15) is 89.1 Å². The largest absolute Gasteiger partial charge is 0.324 e. The Labute approximate surface area is 236 Å². The van der Waals surface area contributed by atoms with Gasteiger partial charge >= 0.3 is 0 Å². The average Bonchev–Trinajstić information content (AvgIpc) is 3.28. The highest BCUT2D eigenvalue weighted by atomic mass is 16.1. The van der Waals surface area contributed by atoms with Crippen molar-refractivity contribution in [2.45, 2.75) is 86.2 Å². The molecule has 1 aliphatic rings. The molecule has 0 radical (unpaired) electrons. The second-order valence-corrected chi connectivity index (χ2v) is 12.4. The first-order valence-corrected chi connectivity index (χ1v) is 15.4. The van der Waals surface area contributed by atoms with Crippen LogP contribution >= 0.6 is 0 Å². The maximum atomic E-state index is 11.9. The molecule has 1 saturated heterocycles. The number of piperidine rings is 1. The number of imidazole rings is 1. The first-order chi connectivity index (χ1) is 18.8. The number of hydrogen-bond acceptors (Lipinski definition) is 4. The molecule has 2 aromatic carbocycles. The summed E-state index contributed by atoms with van der Waals surface area (Å²) < 4.78 is 2.43. The number of nitrogens with zero attached hydrogens (tertiary/aromatic N) is 4. The monoisotopic (exact) mass is 530 g/mol. The molecule has 0 amide bonds. The molecule has 0 N–H and O–H groups in total. The minimum atomic E-state index is 0.0979. The first kappa shape index (κ1) is 29.5. The molecule has 0 saturated carbocycles. The van der Waals surface area contributed by atoms with E-state index in [-0.39, 0.29) is 5.78 Å². The van der Waals surface area contributed by atoms with Crippen molar-refractivity contribution in [2.24, 2.45) is 11.8 Å². The predicted octanol–water partition coefficient (Wildman–Crippen LogP) is 7.68. The van der Waals surface area contributed by atoms with Gasteiger partial charge in [-0.1, -0.05) is 64.4 Å². The summed E-state index contributed by atoms with van der Waals surface area (Å²) >= 11 is 0. The Kier molecular flexibility index (Phi) is 10.8. The number of carbonyl (C=O) groups excluding carboxylic acids is 1. The van der Waals surface area contributed by atoms with E-state index < -0.39 is 0 Å². The number of likely N-dealkylation sites (tertiary alicyclic amines) is 1. The van der Waals surface area contributed by atoms with Gasteiger partial charge in [0, 0.05) is 24.2 Å². The minimum Gasteiger partial charge on any atom is -0.324 e. The second kappa shape index (κ2) is 14.2. The number of carbonyl (C=O) groups is 1. The van der Waals surface area contributed by atoms with E-state index in [2.05, 4.69) is 72.4 Å². The average molecular weight is 531 g/mol. The third-order valence-corrected chi connectivity index (χ3v) is 8.12. The summed E-state index contributed by atoms with van der Waals surface area (Å²) in [5.74, 6) is 2.53. The summed E-state index contributed by atoms with van der Waals surface area (Å²) in [5.41, 5.74) is 5.47. The van der Waals surface area contributed by atoms with Gasteiger partial charge in [0.2, 0.25) is 0 Å². The minimum absolute atomic E-state index is 0.0979.